The van der Waals surface area contributed by atoms with Crippen molar-refractivity contribution in [3.8, 4) is 0 Å². The Bertz CT molecular complexity index is 1290. The highest BCUT2D eigenvalue weighted by atomic mass is 32.2. The molecule has 1 aliphatic heterocycles. The van der Waals surface area contributed by atoms with Crippen molar-refractivity contribution < 1.29 is 26.4 Å². The van der Waals surface area contributed by atoms with Crippen molar-refractivity contribution in [1.82, 2.24) is 19.9 Å². The van der Waals surface area contributed by atoms with Crippen LogP contribution < -0.4 is 9.62 Å². The molecular weight excluding hydrogens is 435 g/mol. The van der Waals surface area contributed by atoms with Crippen LogP contribution in [-0.2, 0) is 29.2 Å². The zero-order valence-corrected chi connectivity index (χ0v) is 17.3. The molecule has 3 heterocycles. The van der Waals surface area contributed by atoms with Gasteiger partial charge in [-0.1, -0.05) is 0 Å². The Morgan fingerprint density at radius 2 is 1.97 bits per heavy atom. The summed E-state index contributed by atoms with van der Waals surface area (Å²) in [5.74, 6) is -0.315. The smallest absolute Gasteiger partial charge is 0.345 e. The summed E-state index contributed by atoms with van der Waals surface area (Å²) < 4.78 is 65.4. The normalized spacial score (nSPS) is 16.5. The predicted molar refractivity (Wildman–Crippen MR) is 106 cm³/mol. The molecule has 31 heavy (non-hydrogen) atoms. The number of aromatic nitrogens is 3. The summed E-state index contributed by atoms with van der Waals surface area (Å²) in [6.07, 6.45) is -2.03. The van der Waals surface area contributed by atoms with Gasteiger partial charge in [0.05, 0.1) is 24.1 Å². The number of benzene rings is 1. The number of anilines is 1. The third-order valence-corrected chi connectivity index (χ3v) is 6.33. The molecule has 4 rings (SSSR count). The van der Waals surface area contributed by atoms with Crippen LogP contribution in [0.25, 0.3) is 5.65 Å². The number of nitrogens with one attached hydrogen (secondary N) is 1. The zero-order valence-electron chi connectivity index (χ0n) is 16.5. The van der Waals surface area contributed by atoms with E-state index in [1.54, 1.807) is 19.1 Å². The molecule has 0 saturated carbocycles. The maximum Gasteiger partial charge on any atom is 0.417 e. The SMILES string of the molecule is CC1Cc2cc(C(=O)NCc3nnc4ccc(C(F)(F)F)cn34)ccc2N1S(C)(=O)=O. The first-order valence-electron chi connectivity index (χ1n) is 9.26. The van der Waals surface area contributed by atoms with E-state index in [9.17, 15) is 26.4 Å². The number of amides is 1. The molecule has 0 aliphatic carbocycles. The van der Waals surface area contributed by atoms with Crippen LogP contribution in [0.15, 0.2) is 36.5 Å². The molecule has 1 unspecified atom stereocenters. The summed E-state index contributed by atoms with van der Waals surface area (Å²) in [5.41, 5.74) is 0.953. The van der Waals surface area contributed by atoms with Gasteiger partial charge in [-0.3, -0.25) is 13.5 Å². The largest absolute Gasteiger partial charge is 0.417 e. The number of nitrogens with zero attached hydrogens (tertiary/aromatic N) is 4. The number of pyridine rings is 1. The molecule has 3 aromatic rings. The molecule has 0 bridgehead atoms. The molecule has 1 aliphatic rings. The highest BCUT2D eigenvalue weighted by Gasteiger charge is 2.33. The van der Waals surface area contributed by atoms with Gasteiger partial charge in [0.1, 0.15) is 0 Å². The van der Waals surface area contributed by atoms with Gasteiger partial charge in [-0.05, 0) is 49.2 Å². The van der Waals surface area contributed by atoms with Gasteiger partial charge >= 0.3 is 6.18 Å². The molecule has 0 saturated heterocycles. The van der Waals surface area contributed by atoms with Gasteiger partial charge < -0.3 is 5.32 Å². The fraction of sp³-hybridized carbons (Fsp3) is 0.316. The van der Waals surface area contributed by atoms with Crippen molar-refractivity contribution in [3.63, 3.8) is 0 Å². The first kappa shape index (κ1) is 21.1. The maximum absolute atomic E-state index is 13.0. The van der Waals surface area contributed by atoms with Gasteiger partial charge in [0.15, 0.2) is 11.5 Å². The van der Waals surface area contributed by atoms with Crippen LogP contribution in [0, 0.1) is 0 Å². The van der Waals surface area contributed by atoms with E-state index in [-0.39, 0.29) is 24.1 Å². The molecule has 2 aromatic heterocycles. The maximum atomic E-state index is 13.0. The lowest BCUT2D eigenvalue weighted by atomic mass is 10.1. The number of rotatable bonds is 4. The van der Waals surface area contributed by atoms with Gasteiger partial charge in [0, 0.05) is 17.8 Å². The minimum Gasteiger partial charge on any atom is -0.345 e. The third-order valence-electron chi connectivity index (χ3n) is 5.06. The summed E-state index contributed by atoms with van der Waals surface area (Å²) >= 11 is 0. The lowest BCUT2D eigenvalue weighted by molar-refractivity contribution is -0.137. The number of hydrogen-bond acceptors (Lipinski definition) is 5. The van der Waals surface area contributed by atoms with Crippen LogP contribution in [0.2, 0.25) is 0 Å². The minimum absolute atomic E-state index is 0.135. The Morgan fingerprint density at radius 3 is 2.65 bits per heavy atom. The Balaban J connectivity index is 1.53. The summed E-state index contributed by atoms with van der Waals surface area (Å²) in [4.78, 5) is 12.6. The summed E-state index contributed by atoms with van der Waals surface area (Å²) in [6.45, 7) is 1.65. The van der Waals surface area contributed by atoms with Crippen LogP contribution >= 0.6 is 0 Å². The monoisotopic (exact) mass is 453 g/mol. The molecule has 8 nitrogen and oxygen atoms in total. The lowest BCUT2D eigenvalue weighted by Crippen LogP contribution is -2.34. The number of carbonyl (C=O) groups excluding carboxylic acids is 1. The molecule has 164 valence electrons. The van der Waals surface area contributed by atoms with E-state index in [2.05, 4.69) is 15.5 Å². The number of halogens is 3. The second-order valence-corrected chi connectivity index (χ2v) is 9.26. The average molecular weight is 453 g/mol. The van der Waals surface area contributed by atoms with Crippen molar-refractivity contribution in [2.45, 2.75) is 32.1 Å². The first-order valence-corrected chi connectivity index (χ1v) is 11.1. The van der Waals surface area contributed by atoms with E-state index in [1.807, 2.05) is 0 Å². The molecule has 12 heteroatoms. The summed E-state index contributed by atoms with van der Waals surface area (Å²) in [7, 11) is -3.44. The number of hydrogen-bond donors (Lipinski definition) is 1. The van der Waals surface area contributed by atoms with E-state index in [0.717, 1.165) is 24.1 Å². The van der Waals surface area contributed by atoms with Gasteiger partial charge in [-0.15, -0.1) is 10.2 Å². The van der Waals surface area contributed by atoms with E-state index >= 15 is 0 Å². The standard InChI is InChI=1S/C19H18F3N5O3S/c1-11-7-13-8-12(3-5-15(13)27(11)31(2,29)30)18(28)23-9-17-25-24-16-6-4-14(10-26(16)17)19(20,21)22/h3-6,8,10-11H,7,9H2,1-2H3,(H,23,28). The van der Waals surface area contributed by atoms with E-state index < -0.39 is 27.7 Å². The molecule has 1 atom stereocenters. The Kier molecular flexibility index (Phi) is 4.91. The minimum atomic E-state index is -4.51. The second kappa shape index (κ2) is 7.22. The second-order valence-electron chi connectivity index (χ2n) is 7.40. The van der Waals surface area contributed by atoms with Crippen LogP contribution in [0.5, 0.6) is 0 Å². The zero-order chi connectivity index (χ0) is 22.6. The third kappa shape index (κ3) is 3.94. The Morgan fingerprint density at radius 1 is 1.23 bits per heavy atom. The number of sulfonamides is 1. The van der Waals surface area contributed by atoms with E-state index in [4.69, 9.17) is 0 Å². The number of alkyl halides is 3. The van der Waals surface area contributed by atoms with E-state index in [1.165, 1.54) is 20.8 Å². The number of fused-ring (bicyclic) bond motifs is 2. The van der Waals surface area contributed by atoms with Crippen molar-refractivity contribution in [2.75, 3.05) is 10.6 Å². The summed E-state index contributed by atoms with van der Waals surface area (Å²) in [5, 5.41) is 10.3. The molecule has 1 N–H and O–H groups in total. The molecule has 0 spiro atoms. The lowest BCUT2D eigenvalue weighted by Gasteiger charge is -2.21. The molecule has 0 fully saturated rings. The van der Waals surface area contributed by atoms with Gasteiger partial charge in [0.2, 0.25) is 10.0 Å². The molecular formula is C19H18F3N5O3S. The molecule has 0 radical (unpaired) electrons. The van der Waals surface area contributed by atoms with Crippen molar-refractivity contribution in [1.29, 1.82) is 0 Å². The fourth-order valence-corrected chi connectivity index (χ4v) is 5.00. The summed E-state index contributed by atoms with van der Waals surface area (Å²) in [6, 6.07) is 6.57. The quantitative estimate of drug-likeness (QED) is 0.654. The highest BCUT2D eigenvalue weighted by Crippen LogP contribution is 2.34. The van der Waals surface area contributed by atoms with Gasteiger partial charge in [0.25, 0.3) is 5.91 Å². The first-order chi connectivity index (χ1) is 14.4. The molecule has 1 aromatic carbocycles. The average Bonchev–Trinajstić information content (AvgIpc) is 3.23. The Hall–Kier alpha value is -3.15. The van der Waals surface area contributed by atoms with Crippen LogP contribution in [-0.4, -0.2) is 41.2 Å². The van der Waals surface area contributed by atoms with Crippen LogP contribution in [0.4, 0.5) is 18.9 Å². The predicted octanol–water partition coefficient (Wildman–Crippen LogP) is 2.39. The highest BCUT2D eigenvalue weighted by molar-refractivity contribution is 7.92. The van der Waals surface area contributed by atoms with Crippen molar-refractivity contribution in [3.05, 3.63) is 59.0 Å². The van der Waals surface area contributed by atoms with Crippen LogP contribution in [0.3, 0.4) is 0 Å². The fourth-order valence-electron chi connectivity index (χ4n) is 3.74. The van der Waals surface area contributed by atoms with Gasteiger partial charge in [-0.2, -0.15) is 13.2 Å². The van der Waals surface area contributed by atoms with E-state index in [0.29, 0.717) is 17.7 Å². The molecule has 1 amide bonds. The van der Waals surface area contributed by atoms with Crippen molar-refractivity contribution >= 4 is 27.3 Å². The van der Waals surface area contributed by atoms with Gasteiger partial charge in [-0.25, -0.2) is 8.42 Å². The topological polar surface area (TPSA) is 96.7 Å². The van der Waals surface area contributed by atoms with Crippen LogP contribution in [0.1, 0.15) is 34.2 Å². The Labute approximate surface area is 175 Å². The van der Waals surface area contributed by atoms with Crippen molar-refractivity contribution in [2.24, 2.45) is 0 Å². The number of carbonyl (C=O) groups is 1.